The van der Waals surface area contributed by atoms with E-state index in [1.165, 1.54) is 5.56 Å². The number of hydrogen-bond donors (Lipinski definition) is 2. The second-order valence-corrected chi connectivity index (χ2v) is 10.5. The van der Waals surface area contributed by atoms with Gasteiger partial charge in [-0.25, -0.2) is 9.97 Å². The van der Waals surface area contributed by atoms with Crippen molar-refractivity contribution in [2.45, 2.75) is 19.4 Å². The van der Waals surface area contributed by atoms with Gasteiger partial charge >= 0.3 is 0 Å². The van der Waals surface area contributed by atoms with Gasteiger partial charge in [0.05, 0.1) is 10.6 Å². The molecule has 8 nitrogen and oxygen atoms in total. The second-order valence-electron chi connectivity index (χ2n) is 9.50. The third kappa shape index (κ3) is 5.34. The van der Waals surface area contributed by atoms with Crippen molar-refractivity contribution in [3.8, 4) is 11.3 Å². The molecule has 0 aliphatic carbocycles. The highest BCUT2D eigenvalue weighted by atomic mass is 32.2. The molecule has 2 aromatic carbocycles. The van der Waals surface area contributed by atoms with Crippen LogP contribution in [0.5, 0.6) is 0 Å². The van der Waals surface area contributed by atoms with E-state index in [0.29, 0.717) is 22.5 Å². The molecule has 2 saturated heterocycles. The van der Waals surface area contributed by atoms with Gasteiger partial charge in [0.25, 0.3) is 11.1 Å². The van der Waals surface area contributed by atoms with Crippen LogP contribution in [0.3, 0.4) is 0 Å². The van der Waals surface area contributed by atoms with Gasteiger partial charge in [-0.05, 0) is 66.9 Å². The summed E-state index contributed by atoms with van der Waals surface area (Å²) in [6.45, 7) is 3.46. The number of imide groups is 1. The smallest absolute Gasteiger partial charge is 0.290 e. The van der Waals surface area contributed by atoms with Crippen LogP contribution in [0.15, 0.2) is 76.2 Å². The Labute approximate surface area is 224 Å². The van der Waals surface area contributed by atoms with E-state index in [2.05, 4.69) is 61.9 Å². The number of piperidine rings is 1. The predicted octanol–water partition coefficient (Wildman–Crippen LogP) is 5.22. The Morgan fingerprint density at radius 2 is 1.89 bits per heavy atom. The summed E-state index contributed by atoms with van der Waals surface area (Å²) in [5, 5.41) is 6.68. The zero-order chi connectivity index (χ0) is 25.9. The van der Waals surface area contributed by atoms with Gasteiger partial charge in [-0.1, -0.05) is 42.5 Å². The number of para-hydroxylation sites is 1. The molecular formula is C29H27N5O3S. The number of carbonyl (C=O) groups is 2. The van der Waals surface area contributed by atoms with Gasteiger partial charge in [0, 0.05) is 36.8 Å². The van der Waals surface area contributed by atoms with Gasteiger partial charge in [0.1, 0.15) is 11.3 Å². The van der Waals surface area contributed by atoms with Crippen LogP contribution in [0.4, 0.5) is 10.7 Å². The average molecular weight is 526 g/mol. The third-order valence-corrected chi connectivity index (χ3v) is 7.75. The normalized spacial score (nSPS) is 17.5. The van der Waals surface area contributed by atoms with E-state index >= 15 is 0 Å². The Hall–Kier alpha value is -3.95. The maximum Gasteiger partial charge on any atom is 0.290 e. The molecule has 0 radical (unpaired) electrons. The van der Waals surface area contributed by atoms with Crippen molar-refractivity contribution in [2.24, 2.45) is 5.92 Å². The van der Waals surface area contributed by atoms with Gasteiger partial charge < -0.3 is 14.6 Å². The molecule has 0 bridgehead atoms. The molecule has 0 spiro atoms. The zero-order valence-electron chi connectivity index (χ0n) is 20.7. The number of carbonyl (C=O) groups excluding carboxylic acids is 2. The molecule has 2 N–H and O–H groups in total. The lowest BCUT2D eigenvalue weighted by atomic mass is 9.96. The number of nitrogens with one attached hydrogen (secondary N) is 2. The highest BCUT2D eigenvalue weighted by Gasteiger charge is 2.26. The Morgan fingerprint density at radius 1 is 1.08 bits per heavy atom. The number of thioether (sulfide) groups is 1. The monoisotopic (exact) mass is 525 g/mol. The van der Waals surface area contributed by atoms with Crippen molar-refractivity contribution >= 4 is 45.9 Å². The lowest BCUT2D eigenvalue weighted by Crippen LogP contribution is -2.38. The minimum atomic E-state index is -0.381. The molecule has 4 heterocycles. The quantitative estimate of drug-likeness (QED) is 0.317. The molecule has 2 aromatic heterocycles. The molecule has 2 amide bonds. The van der Waals surface area contributed by atoms with Crippen molar-refractivity contribution in [1.29, 1.82) is 0 Å². The Balaban J connectivity index is 1.03. The second kappa shape index (κ2) is 10.8. The number of benzene rings is 2. The minimum Gasteiger partial charge on any atom is -0.456 e. The standard InChI is InChI=1S/C29H27N5O3S/c35-27-26(38-29(36)33-27)16-22-9-12-31-28(32-22)34-13-10-19(11-14-34)17-30-18-21-6-1-3-7-23(21)25-15-20-5-2-4-8-24(20)37-25/h1-9,12,15-16,19,30H,10-11,13-14,17-18H2,(H,33,35,36)/b26-16-. The summed E-state index contributed by atoms with van der Waals surface area (Å²) in [4.78, 5) is 34.8. The van der Waals surface area contributed by atoms with Crippen LogP contribution >= 0.6 is 11.8 Å². The SMILES string of the molecule is O=C1NC(=O)/C(=C/c2ccnc(N3CCC(CNCc4ccccc4-c4cc5ccccc5o4)CC3)n2)S1. The number of hydrogen-bond acceptors (Lipinski definition) is 8. The highest BCUT2D eigenvalue weighted by molar-refractivity contribution is 8.18. The van der Waals surface area contributed by atoms with Crippen LogP contribution in [0.1, 0.15) is 24.1 Å². The van der Waals surface area contributed by atoms with E-state index in [0.717, 1.165) is 73.1 Å². The molecule has 192 valence electrons. The largest absolute Gasteiger partial charge is 0.456 e. The Morgan fingerprint density at radius 3 is 2.71 bits per heavy atom. The first-order valence-electron chi connectivity index (χ1n) is 12.7. The van der Waals surface area contributed by atoms with Crippen molar-refractivity contribution in [2.75, 3.05) is 24.5 Å². The highest BCUT2D eigenvalue weighted by Crippen LogP contribution is 2.30. The summed E-state index contributed by atoms with van der Waals surface area (Å²) >= 11 is 0.892. The molecule has 0 saturated carbocycles. The molecule has 0 atom stereocenters. The van der Waals surface area contributed by atoms with E-state index < -0.39 is 0 Å². The van der Waals surface area contributed by atoms with Crippen molar-refractivity contribution < 1.29 is 14.0 Å². The van der Waals surface area contributed by atoms with Crippen LogP contribution in [0.2, 0.25) is 0 Å². The number of nitrogens with zero attached hydrogens (tertiary/aromatic N) is 3. The first-order chi connectivity index (χ1) is 18.6. The molecule has 4 aromatic rings. The summed E-state index contributed by atoms with van der Waals surface area (Å²) in [5.74, 6) is 1.74. The summed E-state index contributed by atoms with van der Waals surface area (Å²) in [6, 6.07) is 20.3. The number of rotatable bonds is 7. The maximum absolute atomic E-state index is 11.8. The fraction of sp³-hybridized carbons (Fsp3) is 0.241. The number of furan rings is 1. The zero-order valence-corrected chi connectivity index (χ0v) is 21.5. The lowest BCUT2D eigenvalue weighted by Gasteiger charge is -2.32. The lowest BCUT2D eigenvalue weighted by molar-refractivity contribution is -0.115. The fourth-order valence-electron chi connectivity index (χ4n) is 4.93. The summed E-state index contributed by atoms with van der Waals surface area (Å²) < 4.78 is 6.12. The van der Waals surface area contributed by atoms with Gasteiger partial charge in [0.15, 0.2) is 0 Å². The van der Waals surface area contributed by atoms with Crippen LogP contribution in [-0.2, 0) is 11.3 Å². The molecule has 6 rings (SSSR count). The molecule has 2 fully saturated rings. The van der Waals surface area contributed by atoms with Crippen molar-refractivity contribution in [1.82, 2.24) is 20.6 Å². The molecule has 2 aliphatic rings. The van der Waals surface area contributed by atoms with E-state index in [4.69, 9.17) is 4.42 Å². The van der Waals surface area contributed by atoms with E-state index in [-0.39, 0.29) is 11.1 Å². The van der Waals surface area contributed by atoms with E-state index in [9.17, 15) is 9.59 Å². The van der Waals surface area contributed by atoms with Gasteiger partial charge in [0.2, 0.25) is 5.95 Å². The topological polar surface area (TPSA) is 100 Å². The first kappa shape index (κ1) is 24.4. The van der Waals surface area contributed by atoms with Gasteiger partial charge in [-0.3, -0.25) is 14.9 Å². The van der Waals surface area contributed by atoms with Crippen molar-refractivity contribution in [3.63, 3.8) is 0 Å². The number of aromatic nitrogens is 2. The van der Waals surface area contributed by atoms with Gasteiger partial charge in [-0.2, -0.15) is 0 Å². The minimum absolute atomic E-state index is 0.353. The third-order valence-electron chi connectivity index (χ3n) is 6.94. The molecule has 2 aliphatic heterocycles. The maximum atomic E-state index is 11.8. The Bertz CT molecular complexity index is 1490. The molecule has 38 heavy (non-hydrogen) atoms. The van der Waals surface area contributed by atoms with E-state index in [1.807, 2.05) is 18.2 Å². The fourth-order valence-corrected chi connectivity index (χ4v) is 5.59. The van der Waals surface area contributed by atoms with Crippen molar-refractivity contribution in [3.05, 3.63) is 83.0 Å². The Kier molecular flexibility index (Phi) is 6.94. The number of fused-ring (bicyclic) bond motifs is 1. The molecule has 0 unspecified atom stereocenters. The molecular weight excluding hydrogens is 498 g/mol. The average Bonchev–Trinajstić information content (AvgIpc) is 3.51. The predicted molar refractivity (Wildman–Crippen MR) is 149 cm³/mol. The van der Waals surface area contributed by atoms with Crippen LogP contribution < -0.4 is 15.5 Å². The van der Waals surface area contributed by atoms with Crippen LogP contribution in [0.25, 0.3) is 28.4 Å². The van der Waals surface area contributed by atoms with Crippen LogP contribution in [0, 0.1) is 5.92 Å². The summed E-state index contributed by atoms with van der Waals surface area (Å²) in [6.07, 6.45) is 5.41. The summed E-state index contributed by atoms with van der Waals surface area (Å²) in [5.41, 5.74) is 3.87. The first-order valence-corrected chi connectivity index (χ1v) is 13.5. The number of amides is 2. The molecule has 9 heteroatoms. The summed E-state index contributed by atoms with van der Waals surface area (Å²) in [7, 11) is 0. The van der Waals surface area contributed by atoms with E-state index in [1.54, 1.807) is 18.3 Å². The van der Waals surface area contributed by atoms with Crippen LogP contribution in [-0.4, -0.2) is 40.7 Å². The number of anilines is 1. The van der Waals surface area contributed by atoms with Gasteiger partial charge in [-0.15, -0.1) is 0 Å².